The molecule has 0 aliphatic rings. The van der Waals surface area contributed by atoms with Crippen LogP contribution >= 0.6 is 27.7 Å². The van der Waals surface area contributed by atoms with Crippen LogP contribution in [0.25, 0.3) is 0 Å². The molecule has 82 valence electrons. The first-order valence-electron chi connectivity index (χ1n) is 4.41. The van der Waals surface area contributed by atoms with E-state index in [1.54, 1.807) is 18.9 Å². The lowest BCUT2D eigenvalue weighted by Gasteiger charge is -2.05. The molecular weight excluding hydrogens is 276 g/mol. The molecule has 1 rings (SSSR count). The van der Waals surface area contributed by atoms with Gasteiger partial charge in [0.1, 0.15) is 5.84 Å². The summed E-state index contributed by atoms with van der Waals surface area (Å²) in [5.41, 5.74) is 6.12. The molecule has 0 atom stereocenters. The van der Waals surface area contributed by atoms with E-state index in [1.165, 1.54) is 0 Å². The molecule has 5 heteroatoms. The molecule has 0 aliphatic carbocycles. The second kappa shape index (κ2) is 6.15. The Balaban J connectivity index is 2.70. The van der Waals surface area contributed by atoms with E-state index < -0.39 is 0 Å². The van der Waals surface area contributed by atoms with Crippen LogP contribution in [-0.4, -0.2) is 25.3 Å². The number of amidine groups is 1. The third-order valence-corrected chi connectivity index (χ3v) is 3.74. The summed E-state index contributed by atoms with van der Waals surface area (Å²) < 4.78 is 5.94. The highest BCUT2D eigenvalue weighted by atomic mass is 79.9. The van der Waals surface area contributed by atoms with E-state index in [2.05, 4.69) is 15.9 Å². The number of nitrogens with two attached hydrogens (primary N) is 1. The van der Waals surface area contributed by atoms with Gasteiger partial charge >= 0.3 is 0 Å². The predicted octanol–water partition coefficient (Wildman–Crippen LogP) is 2.47. The third kappa shape index (κ3) is 3.85. The van der Waals surface area contributed by atoms with Crippen molar-refractivity contribution in [2.75, 3.05) is 19.5 Å². The molecule has 0 bridgehead atoms. The fraction of sp³-hybridized carbons (Fsp3) is 0.300. The first-order chi connectivity index (χ1) is 7.15. The molecule has 0 spiro atoms. The average molecular weight is 289 g/mol. The lowest BCUT2D eigenvalue weighted by atomic mass is 10.2. The summed E-state index contributed by atoms with van der Waals surface area (Å²) in [6, 6.07) is 5.67. The topological polar surface area (TPSA) is 59.1 Å². The number of benzene rings is 1. The summed E-state index contributed by atoms with van der Waals surface area (Å²) in [5, 5.41) is 7.30. The van der Waals surface area contributed by atoms with Crippen LogP contribution in [0.1, 0.15) is 5.56 Å². The second-order valence-corrected chi connectivity index (χ2v) is 4.89. The Kier molecular flexibility index (Phi) is 5.14. The van der Waals surface area contributed by atoms with Gasteiger partial charge in [0.2, 0.25) is 0 Å². The Morgan fingerprint density at radius 2 is 2.33 bits per heavy atom. The van der Waals surface area contributed by atoms with Crippen LogP contribution in [0.5, 0.6) is 0 Å². The molecule has 3 N–H and O–H groups in total. The Morgan fingerprint density at radius 3 is 2.87 bits per heavy atom. The maximum atomic E-state index is 7.30. The van der Waals surface area contributed by atoms with Crippen LogP contribution in [0.15, 0.2) is 27.6 Å². The molecule has 0 aliphatic heterocycles. The summed E-state index contributed by atoms with van der Waals surface area (Å²) in [6.45, 7) is 0.728. The summed E-state index contributed by atoms with van der Waals surface area (Å²) in [5.74, 6) is 0.998. The van der Waals surface area contributed by atoms with Crippen molar-refractivity contribution in [3.8, 4) is 0 Å². The van der Waals surface area contributed by atoms with E-state index >= 15 is 0 Å². The smallest absolute Gasteiger partial charge is 0.122 e. The normalized spacial score (nSPS) is 10.3. The van der Waals surface area contributed by atoms with E-state index in [0.29, 0.717) is 0 Å². The summed E-state index contributed by atoms with van der Waals surface area (Å²) in [6.07, 6.45) is 0. The second-order valence-electron chi connectivity index (χ2n) is 2.90. The van der Waals surface area contributed by atoms with Crippen molar-refractivity contribution in [2.24, 2.45) is 5.73 Å². The third-order valence-electron chi connectivity index (χ3n) is 1.79. The first kappa shape index (κ1) is 12.5. The van der Waals surface area contributed by atoms with Gasteiger partial charge in [-0.25, -0.2) is 0 Å². The quantitative estimate of drug-likeness (QED) is 0.379. The van der Waals surface area contributed by atoms with Crippen LogP contribution < -0.4 is 5.73 Å². The number of rotatable bonds is 5. The molecular formula is C10H13BrN2OS. The fourth-order valence-corrected chi connectivity index (χ4v) is 2.57. The Labute approximate surface area is 102 Å². The Morgan fingerprint density at radius 1 is 1.60 bits per heavy atom. The summed E-state index contributed by atoms with van der Waals surface area (Å²) in [7, 11) is 1.69. The van der Waals surface area contributed by atoms with Crippen LogP contribution in [0.4, 0.5) is 0 Å². The SMILES string of the molecule is COCCSc1ccc(C(=N)N)cc1Br. The number of methoxy groups -OCH3 is 1. The van der Waals surface area contributed by atoms with Crippen molar-refractivity contribution < 1.29 is 4.74 Å². The van der Waals surface area contributed by atoms with Gasteiger partial charge in [0.15, 0.2) is 0 Å². The van der Waals surface area contributed by atoms with Gasteiger partial charge in [-0.3, -0.25) is 5.41 Å². The average Bonchev–Trinajstić information content (AvgIpc) is 2.20. The molecule has 1 aromatic rings. The number of thioether (sulfide) groups is 1. The van der Waals surface area contributed by atoms with Gasteiger partial charge in [0.05, 0.1) is 6.61 Å². The first-order valence-corrected chi connectivity index (χ1v) is 6.18. The maximum Gasteiger partial charge on any atom is 0.122 e. The number of nitrogens with one attached hydrogen (secondary N) is 1. The standard InChI is InChI=1S/C10H13BrN2OS/c1-14-4-5-15-9-3-2-7(10(12)13)6-8(9)11/h2-3,6H,4-5H2,1H3,(H3,12,13). The molecule has 0 radical (unpaired) electrons. The number of hydrogen-bond acceptors (Lipinski definition) is 3. The van der Waals surface area contributed by atoms with Gasteiger partial charge in [-0.1, -0.05) is 6.07 Å². The predicted molar refractivity (Wildman–Crippen MR) is 67.8 cm³/mol. The largest absolute Gasteiger partial charge is 0.384 e. The summed E-state index contributed by atoms with van der Waals surface area (Å²) >= 11 is 5.16. The molecule has 0 amide bonds. The molecule has 0 saturated carbocycles. The van der Waals surface area contributed by atoms with Crippen molar-refractivity contribution in [2.45, 2.75) is 4.90 Å². The van der Waals surface area contributed by atoms with Crippen molar-refractivity contribution in [3.63, 3.8) is 0 Å². The van der Waals surface area contributed by atoms with Crippen molar-refractivity contribution in [3.05, 3.63) is 28.2 Å². The highest BCUT2D eigenvalue weighted by molar-refractivity contribution is 9.10. The van der Waals surface area contributed by atoms with Crippen molar-refractivity contribution in [1.82, 2.24) is 0 Å². The summed E-state index contributed by atoms with van der Waals surface area (Å²) in [4.78, 5) is 1.14. The van der Waals surface area contributed by atoms with Crippen LogP contribution in [0.3, 0.4) is 0 Å². The number of halogens is 1. The Hall–Kier alpha value is -0.520. The maximum absolute atomic E-state index is 7.30. The molecule has 1 aromatic carbocycles. The van der Waals surface area contributed by atoms with Crippen LogP contribution in [-0.2, 0) is 4.74 Å². The fourth-order valence-electron chi connectivity index (χ4n) is 1.02. The van der Waals surface area contributed by atoms with Gasteiger partial charge in [0, 0.05) is 27.8 Å². The zero-order valence-electron chi connectivity index (χ0n) is 8.42. The Bertz CT molecular complexity index is 357. The van der Waals surface area contributed by atoms with Gasteiger partial charge in [-0.2, -0.15) is 0 Å². The minimum Gasteiger partial charge on any atom is -0.384 e. The highest BCUT2D eigenvalue weighted by Gasteiger charge is 2.03. The lowest BCUT2D eigenvalue weighted by Crippen LogP contribution is -2.10. The molecule has 0 aromatic heterocycles. The molecule has 0 fully saturated rings. The van der Waals surface area contributed by atoms with E-state index in [0.717, 1.165) is 27.3 Å². The zero-order valence-corrected chi connectivity index (χ0v) is 10.8. The van der Waals surface area contributed by atoms with Gasteiger partial charge in [-0.15, -0.1) is 11.8 Å². The van der Waals surface area contributed by atoms with E-state index in [4.69, 9.17) is 15.9 Å². The molecule has 15 heavy (non-hydrogen) atoms. The monoisotopic (exact) mass is 288 g/mol. The van der Waals surface area contributed by atoms with Crippen LogP contribution in [0, 0.1) is 5.41 Å². The lowest BCUT2D eigenvalue weighted by molar-refractivity contribution is 0.218. The van der Waals surface area contributed by atoms with Gasteiger partial charge < -0.3 is 10.5 Å². The minimum absolute atomic E-state index is 0.0872. The van der Waals surface area contributed by atoms with Gasteiger partial charge in [0.25, 0.3) is 0 Å². The minimum atomic E-state index is 0.0872. The van der Waals surface area contributed by atoms with E-state index in [-0.39, 0.29) is 5.84 Å². The number of nitrogen functional groups attached to an aromatic ring is 1. The van der Waals surface area contributed by atoms with E-state index in [9.17, 15) is 0 Å². The van der Waals surface area contributed by atoms with Crippen molar-refractivity contribution in [1.29, 1.82) is 5.41 Å². The molecule has 3 nitrogen and oxygen atoms in total. The molecule has 0 heterocycles. The van der Waals surface area contributed by atoms with Gasteiger partial charge in [-0.05, 0) is 28.1 Å². The number of hydrogen-bond donors (Lipinski definition) is 2. The molecule has 0 unspecified atom stereocenters. The highest BCUT2D eigenvalue weighted by Crippen LogP contribution is 2.28. The number of ether oxygens (including phenoxy) is 1. The molecule has 0 saturated heterocycles. The van der Waals surface area contributed by atoms with E-state index in [1.807, 2.05) is 18.2 Å². The van der Waals surface area contributed by atoms with Crippen molar-refractivity contribution >= 4 is 33.5 Å². The van der Waals surface area contributed by atoms with Crippen LogP contribution in [0.2, 0.25) is 0 Å². The zero-order chi connectivity index (χ0) is 11.3.